The highest BCUT2D eigenvalue weighted by molar-refractivity contribution is 9.10. The maximum atomic E-state index is 11.9. The second-order valence-electron chi connectivity index (χ2n) is 4.54. The van der Waals surface area contributed by atoms with Crippen LogP contribution in [0.4, 0.5) is 0 Å². The van der Waals surface area contributed by atoms with Gasteiger partial charge in [-0.15, -0.1) is 0 Å². The number of piperidine rings is 1. The average Bonchev–Trinajstić information content (AvgIpc) is 2.36. The summed E-state index contributed by atoms with van der Waals surface area (Å²) in [6, 6.07) is 0. The molecule has 0 unspecified atom stereocenters. The first-order valence-electron chi connectivity index (χ1n) is 6.12. The van der Waals surface area contributed by atoms with Gasteiger partial charge in [0, 0.05) is 13.1 Å². The van der Waals surface area contributed by atoms with E-state index < -0.39 is 0 Å². The number of rotatable bonds is 3. The third-order valence-electron chi connectivity index (χ3n) is 3.26. The van der Waals surface area contributed by atoms with Crippen LogP contribution in [0.2, 0.25) is 0 Å². The summed E-state index contributed by atoms with van der Waals surface area (Å²) >= 11 is 3.29. The van der Waals surface area contributed by atoms with Gasteiger partial charge in [-0.1, -0.05) is 6.42 Å². The molecule has 4 nitrogen and oxygen atoms in total. The highest BCUT2D eigenvalue weighted by Gasteiger charge is 2.11. The molecule has 1 saturated heterocycles. The molecular formula is C12H18BrN3O. The molecule has 0 saturated carbocycles. The van der Waals surface area contributed by atoms with Gasteiger partial charge in [0.25, 0.3) is 5.56 Å². The van der Waals surface area contributed by atoms with Crippen molar-refractivity contribution in [3.8, 4) is 0 Å². The zero-order chi connectivity index (χ0) is 12.3. The van der Waals surface area contributed by atoms with Gasteiger partial charge in [-0.25, -0.2) is 4.98 Å². The number of aryl methyl sites for hydroxylation is 1. The predicted molar refractivity (Wildman–Crippen MR) is 71.2 cm³/mol. The van der Waals surface area contributed by atoms with Gasteiger partial charge in [0.05, 0.1) is 12.0 Å². The normalized spacial score (nSPS) is 17.3. The fourth-order valence-corrected chi connectivity index (χ4v) is 2.47. The van der Waals surface area contributed by atoms with E-state index in [1.54, 1.807) is 10.9 Å². The quantitative estimate of drug-likeness (QED) is 0.854. The van der Waals surface area contributed by atoms with Gasteiger partial charge in [0.2, 0.25) is 0 Å². The second-order valence-corrected chi connectivity index (χ2v) is 5.34. The van der Waals surface area contributed by atoms with Crippen LogP contribution >= 0.6 is 15.9 Å². The molecular weight excluding hydrogens is 282 g/mol. The van der Waals surface area contributed by atoms with Crippen LogP contribution in [0.25, 0.3) is 0 Å². The van der Waals surface area contributed by atoms with Gasteiger partial charge < -0.3 is 4.90 Å². The van der Waals surface area contributed by atoms with Crippen molar-refractivity contribution in [2.75, 3.05) is 19.6 Å². The highest BCUT2D eigenvalue weighted by atomic mass is 79.9. The summed E-state index contributed by atoms with van der Waals surface area (Å²) in [7, 11) is 0. The highest BCUT2D eigenvalue weighted by Crippen LogP contribution is 2.09. The van der Waals surface area contributed by atoms with Gasteiger partial charge >= 0.3 is 0 Å². The molecule has 0 radical (unpaired) electrons. The van der Waals surface area contributed by atoms with Crippen molar-refractivity contribution in [2.45, 2.75) is 32.7 Å². The summed E-state index contributed by atoms with van der Waals surface area (Å²) in [5.74, 6) is 0. The number of aromatic nitrogens is 2. The van der Waals surface area contributed by atoms with Crippen molar-refractivity contribution < 1.29 is 0 Å². The van der Waals surface area contributed by atoms with Crippen LogP contribution in [-0.4, -0.2) is 34.1 Å². The standard InChI is InChI=1S/C12H18BrN3O/c1-10-11(13)12(17)16(9-14-10)8-7-15-5-3-2-4-6-15/h9H,2-8H2,1H3. The van der Waals surface area contributed by atoms with Gasteiger partial charge in [0.1, 0.15) is 4.47 Å². The Labute approximate surface area is 110 Å². The number of likely N-dealkylation sites (tertiary alicyclic amines) is 1. The van der Waals surface area contributed by atoms with E-state index in [2.05, 4.69) is 25.8 Å². The van der Waals surface area contributed by atoms with Gasteiger partial charge in [0.15, 0.2) is 0 Å². The van der Waals surface area contributed by atoms with E-state index in [-0.39, 0.29) is 5.56 Å². The lowest BCUT2D eigenvalue weighted by Crippen LogP contribution is -2.35. The van der Waals surface area contributed by atoms with E-state index in [9.17, 15) is 4.79 Å². The summed E-state index contributed by atoms with van der Waals surface area (Å²) in [4.78, 5) is 18.5. The van der Waals surface area contributed by atoms with Crippen molar-refractivity contribution in [3.63, 3.8) is 0 Å². The molecule has 0 aliphatic carbocycles. The lowest BCUT2D eigenvalue weighted by Gasteiger charge is -2.26. The Hall–Kier alpha value is -0.680. The number of nitrogens with zero attached hydrogens (tertiary/aromatic N) is 3. The minimum absolute atomic E-state index is 0.0227. The van der Waals surface area contributed by atoms with Crippen molar-refractivity contribution in [2.24, 2.45) is 0 Å². The molecule has 1 fully saturated rings. The van der Waals surface area contributed by atoms with E-state index in [4.69, 9.17) is 0 Å². The number of hydrogen-bond donors (Lipinski definition) is 0. The summed E-state index contributed by atoms with van der Waals surface area (Å²) < 4.78 is 2.27. The summed E-state index contributed by atoms with van der Waals surface area (Å²) in [5.41, 5.74) is 0.777. The van der Waals surface area contributed by atoms with Crippen molar-refractivity contribution in [1.29, 1.82) is 0 Å². The minimum atomic E-state index is 0.0227. The maximum absolute atomic E-state index is 11.9. The van der Waals surface area contributed by atoms with E-state index in [0.717, 1.165) is 31.9 Å². The first-order valence-corrected chi connectivity index (χ1v) is 6.91. The smallest absolute Gasteiger partial charge is 0.267 e. The monoisotopic (exact) mass is 299 g/mol. The van der Waals surface area contributed by atoms with E-state index >= 15 is 0 Å². The molecule has 2 heterocycles. The summed E-state index contributed by atoms with van der Waals surface area (Å²) in [6.45, 7) is 5.83. The zero-order valence-corrected chi connectivity index (χ0v) is 11.7. The topological polar surface area (TPSA) is 38.1 Å². The lowest BCUT2D eigenvalue weighted by atomic mass is 10.1. The Bertz CT molecular complexity index is 438. The van der Waals surface area contributed by atoms with Gasteiger partial charge in [-0.2, -0.15) is 0 Å². The van der Waals surface area contributed by atoms with Gasteiger partial charge in [-0.05, 0) is 48.8 Å². The molecule has 0 aromatic carbocycles. The molecule has 5 heteroatoms. The Morgan fingerprint density at radius 1 is 1.29 bits per heavy atom. The first kappa shape index (κ1) is 12.8. The summed E-state index contributed by atoms with van der Waals surface area (Å²) in [5, 5.41) is 0. The molecule has 0 atom stereocenters. The fourth-order valence-electron chi connectivity index (χ4n) is 2.14. The van der Waals surface area contributed by atoms with Crippen LogP contribution in [0.5, 0.6) is 0 Å². The zero-order valence-electron chi connectivity index (χ0n) is 10.2. The first-order chi connectivity index (χ1) is 8.18. The van der Waals surface area contributed by atoms with Crippen LogP contribution in [0, 0.1) is 6.92 Å². The van der Waals surface area contributed by atoms with Gasteiger partial charge in [-0.3, -0.25) is 9.36 Å². The van der Waals surface area contributed by atoms with Crippen LogP contribution < -0.4 is 5.56 Å². The maximum Gasteiger partial charge on any atom is 0.267 e. The van der Waals surface area contributed by atoms with E-state index in [1.165, 1.54) is 19.3 Å². The lowest BCUT2D eigenvalue weighted by molar-refractivity contribution is 0.219. The molecule has 1 aromatic rings. The average molecular weight is 300 g/mol. The third kappa shape index (κ3) is 3.16. The second kappa shape index (κ2) is 5.78. The SMILES string of the molecule is Cc1ncn(CCN2CCCCC2)c(=O)c1Br. The fraction of sp³-hybridized carbons (Fsp3) is 0.667. The molecule has 1 aromatic heterocycles. The Morgan fingerprint density at radius 3 is 2.71 bits per heavy atom. The predicted octanol–water partition coefficient (Wildman–Crippen LogP) is 1.80. The number of halogens is 1. The third-order valence-corrected chi connectivity index (χ3v) is 4.18. The van der Waals surface area contributed by atoms with Crippen molar-refractivity contribution in [1.82, 2.24) is 14.5 Å². The molecule has 94 valence electrons. The Morgan fingerprint density at radius 2 is 2.00 bits per heavy atom. The minimum Gasteiger partial charge on any atom is -0.302 e. The molecule has 0 amide bonds. The molecule has 2 rings (SSSR count). The molecule has 17 heavy (non-hydrogen) atoms. The Kier molecular flexibility index (Phi) is 4.34. The molecule has 0 spiro atoms. The Balaban J connectivity index is 1.99. The van der Waals surface area contributed by atoms with Crippen LogP contribution in [0.15, 0.2) is 15.6 Å². The molecule has 0 bridgehead atoms. The van der Waals surface area contributed by atoms with Crippen molar-refractivity contribution >= 4 is 15.9 Å². The molecule has 0 N–H and O–H groups in total. The van der Waals surface area contributed by atoms with Crippen molar-refractivity contribution in [3.05, 3.63) is 26.8 Å². The van der Waals surface area contributed by atoms with Crippen LogP contribution in [-0.2, 0) is 6.54 Å². The van der Waals surface area contributed by atoms with Crippen LogP contribution in [0.3, 0.4) is 0 Å². The van der Waals surface area contributed by atoms with E-state index in [1.807, 2.05) is 6.92 Å². The largest absolute Gasteiger partial charge is 0.302 e. The summed E-state index contributed by atoms with van der Waals surface area (Å²) in [6.07, 6.45) is 5.55. The molecule has 1 aliphatic heterocycles. The number of hydrogen-bond acceptors (Lipinski definition) is 3. The van der Waals surface area contributed by atoms with E-state index in [0.29, 0.717) is 4.47 Å². The van der Waals surface area contributed by atoms with Crippen LogP contribution in [0.1, 0.15) is 25.0 Å². The molecule has 1 aliphatic rings.